The summed E-state index contributed by atoms with van der Waals surface area (Å²) in [5.41, 5.74) is 4.37. The highest BCUT2D eigenvalue weighted by Gasteiger charge is 2.20. The number of hydrogen-bond acceptors (Lipinski definition) is 0. The van der Waals surface area contributed by atoms with Crippen LogP contribution in [0.5, 0.6) is 0 Å². The molecule has 2 fully saturated rings. The predicted molar refractivity (Wildman–Crippen MR) is 108 cm³/mol. The summed E-state index contributed by atoms with van der Waals surface area (Å²) in [4.78, 5) is 0. The lowest BCUT2D eigenvalue weighted by Gasteiger charge is -2.26. The molecule has 0 radical (unpaired) electrons. The Balaban J connectivity index is 1.50. The monoisotopic (exact) mass is 350 g/mol. The average Bonchev–Trinajstić information content (AvgIpc) is 2.69. The molecule has 0 heterocycles. The van der Waals surface area contributed by atoms with Crippen molar-refractivity contribution in [1.29, 1.82) is 0 Å². The van der Waals surface area contributed by atoms with E-state index in [2.05, 4.69) is 37.3 Å². The standard InChI is InChI=1S/C25H31F/c1-18-7-9-20(10-8-18)21-11-13-22(14-12-21)24-16-15-23(17-25(24)26)19-5-3-2-4-6-19/h11-20H,2-10H2,1H3. The molecule has 2 aromatic carbocycles. The maximum atomic E-state index is 14.8. The van der Waals surface area contributed by atoms with Gasteiger partial charge in [-0.25, -0.2) is 4.39 Å². The van der Waals surface area contributed by atoms with E-state index >= 15 is 0 Å². The molecule has 2 aliphatic rings. The first-order valence-corrected chi connectivity index (χ1v) is 10.6. The first-order valence-electron chi connectivity index (χ1n) is 10.6. The topological polar surface area (TPSA) is 0 Å². The van der Waals surface area contributed by atoms with Gasteiger partial charge in [-0.2, -0.15) is 0 Å². The number of rotatable bonds is 3. The fourth-order valence-corrected chi connectivity index (χ4v) is 4.98. The van der Waals surface area contributed by atoms with Crippen molar-refractivity contribution in [3.05, 3.63) is 59.4 Å². The number of hydrogen-bond donors (Lipinski definition) is 0. The van der Waals surface area contributed by atoms with E-state index in [-0.39, 0.29) is 5.82 Å². The molecule has 0 aromatic heterocycles. The Morgan fingerprint density at radius 1 is 0.692 bits per heavy atom. The summed E-state index contributed by atoms with van der Waals surface area (Å²) < 4.78 is 14.8. The number of benzene rings is 2. The molecule has 0 atom stereocenters. The summed E-state index contributed by atoms with van der Waals surface area (Å²) in [6.45, 7) is 2.36. The highest BCUT2D eigenvalue weighted by molar-refractivity contribution is 5.65. The smallest absolute Gasteiger partial charge is 0.131 e. The van der Waals surface area contributed by atoms with Gasteiger partial charge in [0.05, 0.1) is 0 Å². The maximum Gasteiger partial charge on any atom is 0.131 e. The SMILES string of the molecule is CC1CCC(c2ccc(-c3ccc(C4CCCCC4)cc3F)cc2)CC1. The van der Waals surface area contributed by atoms with E-state index < -0.39 is 0 Å². The van der Waals surface area contributed by atoms with Gasteiger partial charge in [0.15, 0.2) is 0 Å². The lowest BCUT2D eigenvalue weighted by molar-refractivity contribution is 0.348. The molecule has 2 saturated carbocycles. The van der Waals surface area contributed by atoms with Crippen molar-refractivity contribution in [2.24, 2.45) is 5.92 Å². The minimum absolute atomic E-state index is 0.0627. The minimum atomic E-state index is -0.0627. The molecule has 1 heteroatoms. The Kier molecular flexibility index (Phi) is 5.43. The summed E-state index contributed by atoms with van der Waals surface area (Å²) >= 11 is 0. The molecule has 0 spiro atoms. The molecule has 0 amide bonds. The van der Waals surface area contributed by atoms with Crippen LogP contribution in [-0.2, 0) is 0 Å². The van der Waals surface area contributed by atoms with Crippen LogP contribution in [0.3, 0.4) is 0 Å². The molecule has 0 N–H and O–H groups in total. The molecule has 4 rings (SSSR count). The lowest BCUT2D eigenvalue weighted by atomic mass is 9.79. The fourth-order valence-electron chi connectivity index (χ4n) is 4.98. The van der Waals surface area contributed by atoms with Gasteiger partial charge in [-0.15, -0.1) is 0 Å². The first-order chi connectivity index (χ1) is 12.7. The van der Waals surface area contributed by atoms with E-state index in [9.17, 15) is 4.39 Å². The molecular weight excluding hydrogens is 319 g/mol. The van der Waals surface area contributed by atoms with Crippen LogP contribution in [0.1, 0.15) is 87.7 Å². The van der Waals surface area contributed by atoms with Gasteiger partial charge in [-0.3, -0.25) is 0 Å². The highest BCUT2D eigenvalue weighted by Crippen LogP contribution is 2.37. The molecule has 0 saturated heterocycles. The molecule has 0 bridgehead atoms. The van der Waals surface area contributed by atoms with E-state index in [1.807, 2.05) is 6.07 Å². The van der Waals surface area contributed by atoms with Crippen LogP contribution < -0.4 is 0 Å². The van der Waals surface area contributed by atoms with Gasteiger partial charge in [0.1, 0.15) is 5.82 Å². The molecular formula is C25H31F. The van der Waals surface area contributed by atoms with Crippen LogP contribution in [0.4, 0.5) is 4.39 Å². The summed E-state index contributed by atoms with van der Waals surface area (Å²) in [5.74, 6) is 2.07. The summed E-state index contributed by atoms with van der Waals surface area (Å²) in [5, 5.41) is 0. The number of halogens is 1. The zero-order valence-electron chi connectivity index (χ0n) is 16.0. The van der Waals surface area contributed by atoms with Gasteiger partial charge >= 0.3 is 0 Å². The van der Waals surface area contributed by atoms with E-state index in [1.165, 1.54) is 68.9 Å². The normalized spacial score (nSPS) is 24.5. The van der Waals surface area contributed by atoms with Crippen molar-refractivity contribution in [2.75, 3.05) is 0 Å². The van der Waals surface area contributed by atoms with Crippen LogP contribution in [-0.4, -0.2) is 0 Å². The largest absolute Gasteiger partial charge is 0.206 e. The lowest BCUT2D eigenvalue weighted by Crippen LogP contribution is -2.10. The molecule has 26 heavy (non-hydrogen) atoms. The Labute approximate surface area is 157 Å². The maximum absolute atomic E-state index is 14.8. The predicted octanol–water partition coefficient (Wildman–Crippen LogP) is 7.83. The van der Waals surface area contributed by atoms with Crippen LogP contribution >= 0.6 is 0 Å². The summed E-state index contributed by atoms with van der Waals surface area (Å²) in [7, 11) is 0. The minimum Gasteiger partial charge on any atom is -0.206 e. The summed E-state index contributed by atoms with van der Waals surface area (Å²) in [6, 6.07) is 14.6. The second-order valence-corrected chi connectivity index (χ2v) is 8.65. The van der Waals surface area contributed by atoms with Crippen molar-refractivity contribution in [3.63, 3.8) is 0 Å². The zero-order valence-corrected chi connectivity index (χ0v) is 16.0. The van der Waals surface area contributed by atoms with E-state index in [1.54, 1.807) is 6.07 Å². The molecule has 0 nitrogen and oxygen atoms in total. The average molecular weight is 351 g/mol. The van der Waals surface area contributed by atoms with Gasteiger partial charge < -0.3 is 0 Å². The Morgan fingerprint density at radius 3 is 1.96 bits per heavy atom. The summed E-state index contributed by atoms with van der Waals surface area (Å²) in [6.07, 6.45) is 11.6. The van der Waals surface area contributed by atoms with Gasteiger partial charge in [-0.05, 0) is 66.2 Å². The Morgan fingerprint density at radius 2 is 1.31 bits per heavy atom. The van der Waals surface area contributed by atoms with Crippen molar-refractivity contribution in [1.82, 2.24) is 0 Å². The van der Waals surface area contributed by atoms with Gasteiger partial charge in [0, 0.05) is 5.56 Å². The van der Waals surface area contributed by atoms with Crippen LogP contribution in [0, 0.1) is 11.7 Å². The third-order valence-electron chi connectivity index (χ3n) is 6.78. The van der Waals surface area contributed by atoms with Gasteiger partial charge in [-0.1, -0.05) is 75.4 Å². The second kappa shape index (κ2) is 7.94. The van der Waals surface area contributed by atoms with E-state index in [4.69, 9.17) is 0 Å². The molecule has 138 valence electrons. The highest BCUT2D eigenvalue weighted by atomic mass is 19.1. The fraction of sp³-hybridized carbons (Fsp3) is 0.520. The molecule has 0 aliphatic heterocycles. The zero-order chi connectivity index (χ0) is 17.9. The second-order valence-electron chi connectivity index (χ2n) is 8.65. The van der Waals surface area contributed by atoms with Crippen LogP contribution in [0.25, 0.3) is 11.1 Å². The van der Waals surface area contributed by atoms with Crippen LogP contribution in [0.15, 0.2) is 42.5 Å². The third-order valence-corrected chi connectivity index (χ3v) is 6.78. The first kappa shape index (κ1) is 17.8. The van der Waals surface area contributed by atoms with Gasteiger partial charge in [0.25, 0.3) is 0 Å². The Hall–Kier alpha value is -1.63. The van der Waals surface area contributed by atoms with Crippen molar-refractivity contribution in [3.8, 4) is 11.1 Å². The van der Waals surface area contributed by atoms with Crippen LogP contribution in [0.2, 0.25) is 0 Å². The molecule has 0 unspecified atom stereocenters. The quantitative estimate of drug-likeness (QED) is 0.529. The molecule has 2 aliphatic carbocycles. The Bertz CT molecular complexity index is 716. The molecule has 2 aromatic rings. The van der Waals surface area contributed by atoms with E-state index in [0.29, 0.717) is 11.8 Å². The third kappa shape index (κ3) is 3.87. The van der Waals surface area contributed by atoms with Crippen molar-refractivity contribution >= 4 is 0 Å². The van der Waals surface area contributed by atoms with Crippen molar-refractivity contribution in [2.45, 2.75) is 76.5 Å². The van der Waals surface area contributed by atoms with Gasteiger partial charge in [0.2, 0.25) is 0 Å². The van der Waals surface area contributed by atoms with Crippen molar-refractivity contribution < 1.29 is 4.39 Å². The van der Waals surface area contributed by atoms with E-state index in [0.717, 1.165) is 17.0 Å².